The Bertz CT molecular complexity index is 314. The normalized spacial score (nSPS) is 19.4. The molecule has 0 amide bonds. The van der Waals surface area contributed by atoms with E-state index in [0.717, 1.165) is 0 Å². The number of likely N-dealkylation sites (tertiary alicyclic amines) is 1. The molecule has 1 aliphatic heterocycles. The molecule has 2 rings (SSSR count). The van der Waals surface area contributed by atoms with E-state index in [9.17, 15) is 0 Å². The molecule has 0 spiro atoms. The van der Waals surface area contributed by atoms with Crippen molar-refractivity contribution in [1.82, 2.24) is 14.7 Å². The van der Waals surface area contributed by atoms with Crippen LogP contribution in [0.25, 0.3) is 0 Å². The van der Waals surface area contributed by atoms with Crippen LogP contribution in [-0.2, 0) is 7.05 Å². The summed E-state index contributed by atoms with van der Waals surface area (Å²) in [5, 5.41) is 4.26. The van der Waals surface area contributed by atoms with Crippen LogP contribution in [0.15, 0.2) is 6.20 Å². The van der Waals surface area contributed by atoms with Crippen LogP contribution in [0.3, 0.4) is 0 Å². The standard InChI is InChI=1S/C10H18N4/c1-8-9(7-12-13(8)2)10(6-11)14-4-3-5-14/h7,10H,3-6,11H2,1-2H3. The third kappa shape index (κ3) is 1.44. The molecule has 4 nitrogen and oxygen atoms in total. The lowest BCUT2D eigenvalue weighted by molar-refractivity contribution is 0.122. The molecule has 1 atom stereocenters. The summed E-state index contributed by atoms with van der Waals surface area (Å²) >= 11 is 0. The zero-order valence-corrected chi connectivity index (χ0v) is 8.90. The van der Waals surface area contributed by atoms with E-state index in [4.69, 9.17) is 5.73 Å². The molecule has 0 bridgehead atoms. The lowest BCUT2D eigenvalue weighted by atomic mass is 10.0. The maximum Gasteiger partial charge on any atom is 0.0540 e. The molecule has 0 aromatic carbocycles. The van der Waals surface area contributed by atoms with Gasteiger partial charge in [-0.05, 0) is 13.3 Å². The maximum absolute atomic E-state index is 5.81. The third-order valence-corrected chi connectivity index (χ3v) is 3.19. The Hall–Kier alpha value is -0.870. The molecule has 14 heavy (non-hydrogen) atoms. The number of rotatable bonds is 3. The van der Waals surface area contributed by atoms with Crippen molar-refractivity contribution in [3.8, 4) is 0 Å². The summed E-state index contributed by atoms with van der Waals surface area (Å²) in [7, 11) is 1.97. The quantitative estimate of drug-likeness (QED) is 0.759. The van der Waals surface area contributed by atoms with Gasteiger partial charge >= 0.3 is 0 Å². The van der Waals surface area contributed by atoms with Crippen molar-refractivity contribution in [2.45, 2.75) is 19.4 Å². The zero-order chi connectivity index (χ0) is 10.1. The maximum atomic E-state index is 5.81. The van der Waals surface area contributed by atoms with Crippen molar-refractivity contribution in [2.24, 2.45) is 12.8 Å². The summed E-state index contributed by atoms with van der Waals surface area (Å²) in [6.07, 6.45) is 3.25. The van der Waals surface area contributed by atoms with Crippen LogP contribution in [0, 0.1) is 6.92 Å². The van der Waals surface area contributed by atoms with Gasteiger partial charge in [-0.25, -0.2) is 0 Å². The van der Waals surface area contributed by atoms with Gasteiger partial charge < -0.3 is 5.73 Å². The number of nitrogens with zero attached hydrogens (tertiary/aromatic N) is 3. The number of nitrogens with two attached hydrogens (primary N) is 1. The first-order valence-corrected chi connectivity index (χ1v) is 5.16. The minimum Gasteiger partial charge on any atom is -0.329 e. The van der Waals surface area contributed by atoms with Gasteiger partial charge in [0, 0.05) is 37.9 Å². The number of hydrogen-bond donors (Lipinski definition) is 1. The van der Waals surface area contributed by atoms with E-state index in [-0.39, 0.29) is 0 Å². The molecule has 1 unspecified atom stereocenters. The highest BCUT2D eigenvalue weighted by atomic mass is 15.3. The Labute approximate surface area is 84.7 Å². The lowest BCUT2D eigenvalue weighted by Gasteiger charge is -2.37. The highest BCUT2D eigenvalue weighted by Gasteiger charge is 2.26. The summed E-state index contributed by atoms with van der Waals surface area (Å²) in [5.41, 5.74) is 8.33. The van der Waals surface area contributed by atoms with Crippen molar-refractivity contribution in [3.05, 3.63) is 17.5 Å². The lowest BCUT2D eigenvalue weighted by Crippen LogP contribution is -2.43. The average Bonchev–Trinajstić information content (AvgIpc) is 2.41. The third-order valence-electron chi connectivity index (χ3n) is 3.19. The van der Waals surface area contributed by atoms with Gasteiger partial charge in [0.1, 0.15) is 0 Å². The summed E-state index contributed by atoms with van der Waals surface area (Å²) in [6.45, 7) is 5.14. The minimum atomic E-state index is 0.373. The van der Waals surface area contributed by atoms with Gasteiger partial charge in [0.2, 0.25) is 0 Å². The molecule has 0 aliphatic carbocycles. The number of aromatic nitrogens is 2. The number of aryl methyl sites for hydroxylation is 1. The van der Waals surface area contributed by atoms with Gasteiger partial charge in [0.25, 0.3) is 0 Å². The molecule has 2 heterocycles. The largest absolute Gasteiger partial charge is 0.329 e. The minimum absolute atomic E-state index is 0.373. The smallest absolute Gasteiger partial charge is 0.0540 e. The fraction of sp³-hybridized carbons (Fsp3) is 0.700. The summed E-state index contributed by atoms with van der Waals surface area (Å²) in [6, 6.07) is 0.373. The van der Waals surface area contributed by atoms with Gasteiger partial charge in [0.05, 0.1) is 12.2 Å². The average molecular weight is 194 g/mol. The van der Waals surface area contributed by atoms with Crippen LogP contribution in [0.1, 0.15) is 23.7 Å². The van der Waals surface area contributed by atoms with E-state index >= 15 is 0 Å². The molecule has 2 N–H and O–H groups in total. The van der Waals surface area contributed by atoms with Crippen LogP contribution in [-0.4, -0.2) is 34.3 Å². The second-order valence-corrected chi connectivity index (χ2v) is 3.95. The first-order chi connectivity index (χ1) is 6.74. The van der Waals surface area contributed by atoms with Gasteiger partial charge in [-0.1, -0.05) is 0 Å². The Morgan fingerprint density at radius 2 is 2.29 bits per heavy atom. The molecule has 4 heteroatoms. The molecule has 78 valence electrons. The van der Waals surface area contributed by atoms with Crippen molar-refractivity contribution in [2.75, 3.05) is 19.6 Å². The van der Waals surface area contributed by atoms with Crippen molar-refractivity contribution in [1.29, 1.82) is 0 Å². The van der Waals surface area contributed by atoms with E-state index in [1.807, 2.05) is 17.9 Å². The molecular formula is C10H18N4. The monoisotopic (exact) mass is 194 g/mol. The Kier molecular flexibility index (Phi) is 2.56. The van der Waals surface area contributed by atoms with Gasteiger partial charge in [-0.3, -0.25) is 9.58 Å². The predicted molar refractivity (Wildman–Crippen MR) is 55.9 cm³/mol. The second kappa shape index (κ2) is 3.71. The van der Waals surface area contributed by atoms with Crippen LogP contribution in [0.4, 0.5) is 0 Å². The van der Waals surface area contributed by atoms with E-state index in [2.05, 4.69) is 16.9 Å². The fourth-order valence-electron chi connectivity index (χ4n) is 1.97. The van der Waals surface area contributed by atoms with E-state index in [0.29, 0.717) is 12.6 Å². The van der Waals surface area contributed by atoms with Crippen LogP contribution in [0.5, 0.6) is 0 Å². The van der Waals surface area contributed by atoms with Crippen molar-refractivity contribution in [3.63, 3.8) is 0 Å². The topological polar surface area (TPSA) is 47.1 Å². The molecule has 0 radical (unpaired) electrons. The molecular weight excluding hydrogens is 176 g/mol. The molecule has 1 fully saturated rings. The van der Waals surface area contributed by atoms with E-state index < -0.39 is 0 Å². The highest BCUT2D eigenvalue weighted by molar-refractivity contribution is 5.21. The summed E-state index contributed by atoms with van der Waals surface area (Å²) in [5.74, 6) is 0. The predicted octanol–water partition coefficient (Wildman–Crippen LogP) is 0.434. The molecule has 1 saturated heterocycles. The Morgan fingerprint density at radius 1 is 1.57 bits per heavy atom. The second-order valence-electron chi connectivity index (χ2n) is 3.95. The zero-order valence-electron chi connectivity index (χ0n) is 8.90. The van der Waals surface area contributed by atoms with Crippen molar-refractivity contribution < 1.29 is 0 Å². The summed E-state index contributed by atoms with van der Waals surface area (Å²) < 4.78 is 1.91. The van der Waals surface area contributed by atoms with E-state index in [1.54, 1.807) is 0 Å². The molecule has 1 aliphatic rings. The first kappa shape index (κ1) is 9.68. The van der Waals surface area contributed by atoms with Crippen molar-refractivity contribution >= 4 is 0 Å². The van der Waals surface area contributed by atoms with Crippen LogP contribution in [0.2, 0.25) is 0 Å². The van der Waals surface area contributed by atoms with Gasteiger partial charge in [0.15, 0.2) is 0 Å². The molecule has 1 aromatic rings. The Morgan fingerprint density at radius 3 is 2.64 bits per heavy atom. The summed E-state index contributed by atoms with van der Waals surface area (Å²) in [4.78, 5) is 2.42. The first-order valence-electron chi connectivity index (χ1n) is 5.16. The van der Waals surface area contributed by atoms with Crippen LogP contribution < -0.4 is 5.73 Å². The SMILES string of the molecule is Cc1c(C(CN)N2CCC2)cnn1C. The Balaban J connectivity index is 2.22. The number of hydrogen-bond acceptors (Lipinski definition) is 3. The highest BCUT2D eigenvalue weighted by Crippen LogP contribution is 2.26. The van der Waals surface area contributed by atoms with Gasteiger partial charge in [-0.15, -0.1) is 0 Å². The molecule has 1 aromatic heterocycles. The van der Waals surface area contributed by atoms with Gasteiger partial charge in [-0.2, -0.15) is 5.10 Å². The van der Waals surface area contributed by atoms with Crippen LogP contribution >= 0.6 is 0 Å². The fourth-order valence-corrected chi connectivity index (χ4v) is 1.97. The molecule has 0 saturated carbocycles. The van der Waals surface area contributed by atoms with E-state index in [1.165, 1.54) is 30.8 Å².